The SMILES string of the molecule is O=C(c1cc(Cl)c[nH]1)N(Cc1cccnc1)Cc1cccnc1. The van der Waals surface area contributed by atoms with Gasteiger partial charge in [-0.15, -0.1) is 0 Å². The predicted octanol–water partition coefficient (Wildman–Crippen LogP) is 3.30. The molecule has 0 aliphatic carbocycles. The third kappa shape index (κ3) is 3.96. The highest BCUT2D eigenvalue weighted by atomic mass is 35.5. The van der Waals surface area contributed by atoms with Crippen molar-refractivity contribution in [2.75, 3.05) is 0 Å². The number of nitrogens with zero attached hydrogens (tertiary/aromatic N) is 3. The third-order valence-electron chi connectivity index (χ3n) is 3.36. The van der Waals surface area contributed by atoms with Gasteiger partial charge in [-0.3, -0.25) is 14.8 Å². The minimum atomic E-state index is -0.121. The van der Waals surface area contributed by atoms with Crippen LogP contribution in [0.5, 0.6) is 0 Å². The lowest BCUT2D eigenvalue weighted by molar-refractivity contribution is 0.0724. The number of halogens is 1. The number of pyridine rings is 2. The average Bonchev–Trinajstić information content (AvgIpc) is 3.02. The van der Waals surface area contributed by atoms with E-state index in [4.69, 9.17) is 11.6 Å². The maximum Gasteiger partial charge on any atom is 0.270 e. The zero-order valence-corrected chi connectivity index (χ0v) is 13.1. The zero-order valence-electron chi connectivity index (χ0n) is 12.3. The van der Waals surface area contributed by atoms with E-state index in [-0.39, 0.29) is 5.91 Å². The minimum absolute atomic E-state index is 0.121. The summed E-state index contributed by atoms with van der Waals surface area (Å²) in [5.41, 5.74) is 2.38. The van der Waals surface area contributed by atoms with Crippen LogP contribution in [0.3, 0.4) is 0 Å². The predicted molar refractivity (Wildman–Crippen MR) is 87.9 cm³/mol. The molecule has 0 bridgehead atoms. The van der Waals surface area contributed by atoms with Crippen LogP contribution in [-0.4, -0.2) is 25.8 Å². The fourth-order valence-corrected chi connectivity index (χ4v) is 2.45. The molecule has 116 valence electrons. The molecule has 1 amide bonds. The number of carbonyl (C=O) groups excluding carboxylic acids is 1. The van der Waals surface area contributed by atoms with Crippen LogP contribution in [0.15, 0.2) is 61.3 Å². The number of rotatable bonds is 5. The fraction of sp³-hybridized carbons (Fsp3) is 0.118. The molecule has 0 saturated heterocycles. The maximum atomic E-state index is 12.8. The molecular weight excluding hydrogens is 312 g/mol. The first-order chi connectivity index (χ1) is 11.2. The van der Waals surface area contributed by atoms with E-state index in [1.54, 1.807) is 42.0 Å². The average molecular weight is 327 g/mol. The largest absolute Gasteiger partial charge is 0.356 e. The molecule has 0 saturated carbocycles. The van der Waals surface area contributed by atoms with E-state index < -0.39 is 0 Å². The van der Waals surface area contributed by atoms with Crippen molar-refractivity contribution in [2.45, 2.75) is 13.1 Å². The van der Waals surface area contributed by atoms with Crippen molar-refractivity contribution in [3.05, 3.63) is 83.2 Å². The second-order valence-electron chi connectivity index (χ2n) is 5.12. The highest BCUT2D eigenvalue weighted by Crippen LogP contribution is 2.15. The Balaban J connectivity index is 1.84. The van der Waals surface area contributed by atoms with E-state index in [2.05, 4.69) is 15.0 Å². The van der Waals surface area contributed by atoms with E-state index >= 15 is 0 Å². The number of amides is 1. The molecule has 0 fully saturated rings. The Kier molecular flexibility index (Phi) is 4.68. The van der Waals surface area contributed by atoms with Gasteiger partial charge in [0.1, 0.15) is 5.69 Å². The van der Waals surface area contributed by atoms with Crippen LogP contribution in [0, 0.1) is 0 Å². The van der Waals surface area contributed by atoms with Gasteiger partial charge in [-0.05, 0) is 29.3 Å². The van der Waals surface area contributed by atoms with Crippen molar-refractivity contribution in [3.63, 3.8) is 0 Å². The Morgan fingerprint density at radius 3 is 2.13 bits per heavy atom. The van der Waals surface area contributed by atoms with E-state index in [0.29, 0.717) is 23.8 Å². The lowest BCUT2D eigenvalue weighted by Crippen LogP contribution is -2.30. The maximum absolute atomic E-state index is 12.8. The van der Waals surface area contributed by atoms with Crippen molar-refractivity contribution in [2.24, 2.45) is 0 Å². The molecule has 0 unspecified atom stereocenters. The van der Waals surface area contributed by atoms with Crippen LogP contribution in [-0.2, 0) is 13.1 Å². The topological polar surface area (TPSA) is 61.9 Å². The normalized spacial score (nSPS) is 10.5. The lowest BCUT2D eigenvalue weighted by Gasteiger charge is -2.22. The molecule has 0 aliphatic rings. The van der Waals surface area contributed by atoms with Crippen molar-refractivity contribution >= 4 is 17.5 Å². The number of carbonyl (C=O) groups is 1. The standard InChI is InChI=1S/C17H15ClN4O/c18-15-7-16(21-10-15)17(23)22(11-13-3-1-5-19-8-13)12-14-4-2-6-20-9-14/h1-10,21H,11-12H2. The van der Waals surface area contributed by atoms with Gasteiger partial charge in [0.2, 0.25) is 0 Å². The Bertz CT molecular complexity index is 732. The molecule has 1 N–H and O–H groups in total. The summed E-state index contributed by atoms with van der Waals surface area (Å²) < 4.78 is 0. The minimum Gasteiger partial charge on any atom is -0.356 e. The van der Waals surface area contributed by atoms with Crippen molar-refractivity contribution in [1.29, 1.82) is 0 Å². The molecule has 0 radical (unpaired) electrons. The summed E-state index contributed by atoms with van der Waals surface area (Å²) in [7, 11) is 0. The summed E-state index contributed by atoms with van der Waals surface area (Å²) in [6, 6.07) is 9.22. The van der Waals surface area contributed by atoms with E-state index in [9.17, 15) is 4.79 Å². The van der Waals surface area contributed by atoms with Crippen molar-refractivity contribution in [1.82, 2.24) is 19.9 Å². The molecule has 3 heterocycles. The van der Waals surface area contributed by atoms with Gasteiger partial charge in [0.15, 0.2) is 0 Å². The zero-order chi connectivity index (χ0) is 16.1. The van der Waals surface area contributed by atoms with Gasteiger partial charge in [-0.2, -0.15) is 0 Å². The number of H-pyrrole nitrogens is 1. The number of aromatic amines is 1. The fourth-order valence-electron chi connectivity index (χ4n) is 2.29. The Hall–Kier alpha value is -2.66. The second kappa shape index (κ2) is 7.07. The first kappa shape index (κ1) is 15.2. The number of hydrogen-bond donors (Lipinski definition) is 1. The number of aromatic nitrogens is 3. The third-order valence-corrected chi connectivity index (χ3v) is 3.58. The molecule has 0 spiro atoms. The molecule has 3 rings (SSSR count). The molecule has 0 atom stereocenters. The van der Waals surface area contributed by atoms with Crippen LogP contribution in [0.1, 0.15) is 21.6 Å². The number of nitrogens with one attached hydrogen (secondary N) is 1. The van der Waals surface area contributed by atoms with Gasteiger partial charge in [-0.1, -0.05) is 23.7 Å². The summed E-state index contributed by atoms with van der Waals surface area (Å²) in [5, 5.41) is 0.510. The highest BCUT2D eigenvalue weighted by Gasteiger charge is 2.18. The van der Waals surface area contributed by atoms with E-state index in [1.807, 2.05) is 24.3 Å². The van der Waals surface area contributed by atoms with E-state index in [1.165, 1.54) is 0 Å². The quantitative estimate of drug-likeness (QED) is 0.782. The molecule has 5 nitrogen and oxygen atoms in total. The van der Waals surface area contributed by atoms with Crippen LogP contribution >= 0.6 is 11.6 Å². The van der Waals surface area contributed by atoms with Gasteiger partial charge in [0, 0.05) is 44.1 Å². The van der Waals surface area contributed by atoms with Crippen LogP contribution in [0.25, 0.3) is 0 Å². The van der Waals surface area contributed by atoms with Gasteiger partial charge in [-0.25, -0.2) is 0 Å². The molecule has 0 aliphatic heterocycles. The van der Waals surface area contributed by atoms with Gasteiger partial charge in [0.25, 0.3) is 5.91 Å². The summed E-state index contributed by atoms with van der Waals surface area (Å²) >= 11 is 5.91. The van der Waals surface area contributed by atoms with E-state index in [0.717, 1.165) is 11.1 Å². The summed E-state index contributed by atoms with van der Waals surface area (Å²) in [5.74, 6) is -0.121. The smallest absolute Gasteiger partial charge is 0.270 e. The molecule has 3 aromatic rings. The lowest BCUT2D eigenvalue weighted by atomic mass is 10.2. The molecule has 3 aromatic heterocycles. The number of hydrogen-bond acceptors (Lipinski definition) is 3. The van der Waals surface area contributed by atoms with Gasteiger partial charge in [0.05, 0.1) is 5.02 Å². The van der Waals surface area contributed by atoms with Gasteiger partial charge < -0.3 is 9.88 Å². The summed E-state index contributed by atoms with van der Waals surface area (Å²) in [4.78, 5) is 25.6. The monoisotopic (exact) mass is 326 g/mol. The first-order valence-electron chi connectivity index (χ1n) is 7.13. The van der Waals surface area contributed by atoms with Crippen molar-refractivity contribution in [3.8, 4) is 0 Å². The van der Waals surface area contributed by atoms with Crippen molar-refractivity contribution < 1.29 is 4.79 Å². The van der Waals surface area contributed by atoms with Crippen LogP contribution < -0.4 is 0 Å². The van der Waals surface area contributed by atoms with Crippen LogP contribution in [0.4, 0.5) is 0 Å². The second-order valence-corrected chi connectivity index (χ2v) is 5.55. The summed E-state index contributed by atoms with van der Waals surface area (Å²) in [6.45, 7) is 0.913. The Labute approximate surface area is 139 Å². The Morgan fingerprint density at radius 1 is 1.09 bits per heavy atom. The van der Waals surface area contributed by atoms with Crippen LogP contribution in [0.2, 0.25) is 5.02 Å². The van der Waals surface area contributed by atoms with Gasteiger partial charge >= 0.3 is 0 Å². The highest BCUT2D eigenvalue weighted by molar-refractivity contribution is 6.30. The first-order valence-corrected chi connectivity index (χ1v) is 7.51. The molecule has 0 aromatic carbocycles. The summed E-state index contributed by atoms with van der Waals surface area (Å²) in [6.07, 6.45) is 8.53. The molecule has 23 heavy (non-hydrogen) atoms. The Morgan fingerprint density at radius 2 is 1.70 bits per heavy atom. The molecular formula is C17H15ClN4O. The molecule has 6 heteroatoms.